The van der Waals surface area contributed by atoms with E-state index in [0.717, 1.165) is 5.56 Å². The van der Waals surface area contributed by atoms with Gasteiger partial charge in [-0.2, -0.15) is 8.42 Å². The number of hydrogen-bond donors (Lipinski definition) is 0. The lowest BCUT2D eigenvalue weighted by Gasteiger charge is -2.19. The lowest BCUT2D eigenvalue weighted by molar-refractivity contribution is 0.256. The van der Waals surface area contributed by atoms with Crippen molar-refractivity contribution in [2.24, 2.45) is 4.36 Å². The zero-order valence-electron chi connectivity index (χ0n) is 10.7. The fourth-order valence-corrected chi connectivity index (χ4v) is 1.95. The van der Waals surface area contributed by atoms with Gasteiger partial charge in [0.05, 0.1) is 11.4 Å². The van der Waals surface area contributed by atoms with Gasteiger partial charge in [0.2, 0.25) is 0 Å². The van der Waals surface area contributed by atoms with Gasteiger partial charge in [0.15, 0.2) is 0 Å². The second-order valence-corrected chi connectivity index (χ2v) is 4.71. The van der Waals surface area contributed by atoms with Crippen LogP contribution < -0.4 is 4.90 Å². The van der Waals surface area contributed by atoms with Crippen LogP contribution in [0.4, 0.5) is 16.2 Å². The van der Waals surface area contributed by atoms with Crippen molar-refractivity contribution in [2.45, 2.75) is 6.92 Å². The third kappa shape index (κ3) is 3.30. The van der Waals surface area contributed by atoms with Gasteiger partial charge in [-0.05, 0) is 31.2 Å². The molecule has 102 valence electrons. The Hall–Kier alpha value is -2.47. The first-order chi connectivity index (χ1) is 9.58. The normalized spacial score (nSPS) is 9.85. The number of aryl methyl sites for hydroxylation is 1. The van der Waals surface area contributed by atoms with Gasteiger partial charge in [-0.1, -0.05) is 40.3 Å². The van der Waals surface area contributed by atoms with Gasteiger partial charge in [-0.3, -0.25) is 4.90 Å². The number of rotatable bonds is 2. The molecule has 0 aliphatic heterocycles. The maximum absolute atomic E-state index is 12.0. The van der Waals surface area contributed by atoms with Crippen molar-refractivity contribution < 1.29 is 13.2 Å². The molecule has 2 rings (SSSR count). The molecule has 0 radical (unpaired) electrons. The monoisotopic (exact) mass is 288 g/mol. The van der Waals surface area contributed by atoms with Gasteiger partial charge in [0, 0.05) is 0 Å². The molecule has 0 heterocycles. The topological polar surface area (TPSA) is 66.8 Å². The van der Waals surface area contributed by atoms with E-state index in [0.29, 0.717) is 11.4 Å². The first-order valence-corrected chi connectivity index (χ1v) is 6.88. The number of para-hydroxylation sites is 1. The molecule has 0 spiro atoms. The molecule has 2 amide bonds. The maximum Gasteiger partial charge on any atom is 0.367 e. The highest BCUT2D eigenvalue weighted by Crippen LogP contribution is 2.26. The molecule has 2 aromatic rings. The van der Waals surface area contributed by atoms with Crippen LogP contribution in [-0.2, 0) is 10.5 Å². The molecule has 0 aliphatic rings. The number of benzene rings is 2. The average molecular weight is 288 g/mol. The quantitative estimate of drug-likeness (QED) is 0.851. The number of amides is 2. The van der Waals surface area contributed by atoms with Gasteiger partial charge < -0.3 is 0 Å². The zero-order valence-corrected chi connectivity index (χ0v) is 11.5. The van der Waals surface area contributed by atoms with E-state index in [-0.39, 0.29) is 0 Å². The van der Waals surface area contributed by atoms with Crippen molar-refractivity contribution in [2.75, 3.05) is 4.90 Å². The summed E-state index contributed by atoms with van der Waals surface area (Å²) in [7, 11) is -2.78. The third-order valence-electron chi connectivity index (χ3n) is 2.65. The van der Waals surface area contributed by atoms with E-state index >= 15 is 0 Å². The van der Waals surface area contributed by atoms with Crippen molar-refractivity contribution in [1.82, 2.24) is 0 Å². The van der Waals surface area contributed by atoms with E-state index in [1.54, 1.807) is 36.4 Å². The van der Waals surface area contributed by atoms with Crippen molar-refractivity contribution in [3.05, 3.63) is 60.2 Å². The van der Waals surface area contributed by atoms with E-state index < -0.39 is 16.5 Å². The smallest absolute Gasteiger partial charge is 0.260 e. The largest absolute Gasteiger partial charge is 0.367 e. The van der Waals surface area contributed by atoms with Crippen molar-refractivity contribution in [1.29, 1.82) is 0 Å². The van der Waals surface area contributed by atoms with Crippen molar-refractivity contribution >= 4 is 27.9 Å². The number of carbonyl (C=O) groups is 1. The van der Waals surface area contributed by atoms with Crippen LogP contribution in [0.5, 0.6) is 0 Å². The lowest BCUT2D eigenvalue weighted by atomic mass is 10.2. The van der Waals surface area contributed by atoms with Gasteiger partial charge in [-0.15, -0.1) is 0 Å². The molecule has 0 bridgehead atoms. The van der Waals surface area contributed by atoms with Crippen LogP contribution in [0, 0.1) is 6.92 Å². The van der Waals surface area contributed by atoms with Crippen LogP contribution in [0.1, 0.15) is 5.56 Å². The lowest BCUT2D eigenvalue weighted by Crippen LogP contribution is -2.22. The highest BCUT2D eigenvalue weighted by atomic mass is 32.2. The Labute approximate surface area is 118 Å². The first kappa shape index (κ1) is 14.0. The average Bonchev–Trinajstić information content (AvgIpc) is 2.42. The van der Waals surface area contributed by atoms with Crippen LogP contribution in [0.25, 0.3) is 0 Å². The Morgan fingerprint density at radius 1 is 0.950 bits per heavy atom. The Morgan fingerprint density at radius 3 is 2.05 bits per heavy atom. The van der Waals surface area contributed by atoms with Gasteiger partial charge in [0.25, 0.3) is 0 Å². The third-order valence-corrected chi connectivity index (χ3v) is 2.96. The highest BCUT2D eigenvalue weighted by molar-refractivity contribution is 7.62. The minimum Gasteiger partial charge on any atom is -0.260 e. The molecule has 20 heavy (non-hydrogen) atoms. The molecule has 2 aromatic carbocycles. The van der Waals surface area contributed by atoms with Crippen LogP contribution in [-0.4, -0.2) is 14.4 Å². The maximum atomic E-state index is 12.0. The molecular formula is C14H12N2O3S. The Balaban J connectivity index is 2.52. The summed E-state index contributed by atoms with van der Waals surface area (Å²) in [6, 6.07) is 15.1. The molecule has 0 aromatic heterocycles. The van der Waals surface area contributed by atoms with E-state index in [1.165, 1.54) is 4.90 Å². The highest BCUT2D eigenvalue weighted by Gasteiger charge is 2.17. The molecule has 0 fully saturated rings. The van der Waals surface area contributed by atoms with Crippen LogP contribution in [0.2, 0.25) is 0 Å². The fraction of sp³-hybridized carbons (Fsp3) is 0.0714. The molecule has 0 unspecified atom stereocenters. The molecule has 5 nitrogen and oxygen atoms in total. The predicted octanol–water partition coefficient (Wildman–Crippen LogP) is 3.32. The Kier molecular flexibility index (Phi) is 4.27. The standard InChI is InChI=1S/C14H12N2O3S/c1-11-7-9-13(10-8-11)16(14(17)15-20(18)19)12-5-3-2-4-6-12/h2-10H,1H3. The van der Waals surface area contributed by atoms with Gasteiger partial charge >= 0.3 is 16.5 Å². The summed E-state index contributed by atoms with van der Waals surface area (Å²) in [5, 5.41) is 0. The van der Waals surface area contributed by atoms with Crippen LogP contribution in [0.15, 0.2) is 59.0 Å². The molecule has 0 saturated heterocycles. The molecule has 0 atom stereocenters. The number of nitrogens with zero attached hydrogens (tertiary/aromatic N) is 2. The summed E-state index contributed by atoms with van der Waals surface area (Å²) >= 11 is 0. The summed E-state index contributed by atoms with van der Waals surface area (Å²) in [6.45, 7) is 1.93. The number of urea groups is 1. The van der Waals surface area contributed by atoms with E-state index in [2.05, 4.69) is 4.36 Å². The minimum absolute atomic E-state index is 0.551. The van der Waals surface area contributed by atoms with Crippen molar-refractivity contribution in [3.8, 4) is 0 Å². The minimum atomic E-state index is -2.78. The first-order valence-electron chi connectivity index (χ1n) is 5.85. The Bertz CT molecular complexity index is 730. The zero-order chi connectivity index (χ0) is 14.5. The molecule has 6 heteroatoms. The summed E-state index contributed by atoms with van der Waals surface area (Å²) in [4.78, 5) is 13.3. The van der Waals surface area contributed by atoms with E-state index in [4.69, 9.17) is 0 Å². The number of hydrogen-bond acceptors (Lipinski definition) is 3. The predicted molar refractivity (Wildman–Crippen MR) is 76.5 cm³/mol. The summed E-state index contributed by atoms with van der Waals surface area (Å²) < 4.78 is 24.3. The van der Waals surface area contributed by atoms with E-state index in [1.807, 2.05) is 25.1 Å². The Morgan fingerprint density at radius 2 is 1.50 bits per heavy atom. The summed E-state index contributed by atoms with van der Waals surface area (Å²) in [5.74, 6) is 0. The number of anilines is 2. The molecule has 0 saturated carbocycles. The van der Waals surface area contributed by atoms with Crippen molar-refractivity contribution in [3.63, 3.8) is 0 Å². The summed E-state index contributed by atoms with van der Waals surface area (Å²) in [6.07, 6.45) is 0. The second kappa shape index (κ2) is 6.12. The fourth-order valence-electron chi connectivity index (χ4n) is 1.75. The molecule has 0 aliphatic carbocycles. The van der Waals surface area contributed by atoms with Crippen LogP contribution >= 0.6 is 0 Å². The molecular weight excluding hydrogens is 276 g/mol. The summed E-state index contributed by atoms with van der Waals surface area (Å²) in [5.41, 5.74) is 2.15. The van der Waals surface area contributed by atoms with Gasteiger partial charge in [0.1, 0.15) is 0 Å². The number of carbonyl (C=O) groups excluding carboxylic acids is 1. The van der Waals surface area contributed by atoms with Gasteiger partial charge in [-0.25, -0.2) is 4.79 Å². The SMILES string of the molecule is Cc1ccc(N(C(=O)N=S(=O)=O)c2ccccc2)cc1. The van der Waals surface area contributed by atoms with Crippen LogP contribution in [0.3, 0.4) is 0 Å². The molecule has 0 N–H and O–H groups in total. The van der Waals surface area contributed by atoms with E-state index in [9.17, 15) is 13.2 Å². The second-order valence-electron chi connectivity index (χ2n) is 4.10.